The first-order chi connectivity index (χ1) is 17.9. The number of piperidine rings is 1. The van der Waals surface area contributed by atoms with Crippen LogP contribution in [-0.2, 0) is 4.74 Å². The van der Waals surface area contributed by atoms with E-state index >= 15 is 0 Å². The van der Waals surface area contributed by atoms with Crippen LogP contribution in [0.5, 0.6) is 0 Å². The predicted octanol–water partition coefficient (Wildman–Crippen LogP) is 4.72. The number of rotatable bonds is 5. The Morgan fingerprint density at radius 3 is 2.50 bits per heavy atom. The smallest absolute Gasteiger partial charge is 0.410 e. The Morgan fingerprint density at radius 1 is 1.16 bits per heavy atom. The van der Waals surface area contributed by atoms with Crippen LogP contribution in [0.4, 0.5) is 10.6 Å². The van der Waals surface area contributed by atoms with Crippen molar-refractivity contribution in [1.29, 1.82) is 0 Å². The van der Waals surface area contributed by atoms with Gasteiger partial charge in [-0.2, -0.15) is 0 Å². The summed E-state index contributed by atoms with van der Waals surface area (Å²) in [5.74, 6) is 5.12. The second kappa shape index (κ2) is 10.7. The van der Waals surface area contributed by atoms with E-state index in [0.29, 0.717) is 34.9 Å². The molecule has 1 aliphatic rings. The van der Waals surface area contributed by atoms with Crippen molar-refractivity contribution >= 4 is 35.4 Å². The van der Waals surface area contributed by atoms with Crippen molar-refractivity contribution < 1.29 is 24.2 Å². The van der Waals surface area contributed by atoms with Gasteiger partial charge in [-0.3, -0.25) is 9.69 Å². The Hall–Kier alpha value is -4.12. The minimum atomic E-state index is -1.27. The number of halogens is 1. The standard InChI is InChI=1S/C26H29ClN6O5/c1-26(2,3)38-25(37)32-13-5-4-6-18(32)22-31-20(21(24(35)36)33(22)28)15-7-9-16(10-8-15)23(34)30-19-14-17(27)11-12-29-19/h7-12,14,18H,4-6,13,28H2,1-3H3,(H,35,36)(H,29,30,34). The number of ether oxygens (including phenoxy) is 1. The van der Waals surface area contributed by atoms with Crippen molar-refractivity contribution in [2.45, 2.75) is 51.7 Å². The number of nitrogens with zero attached hydrogens (tertiary/aromatic N) is 4. The Labute approximate surface area is 224 Å². The van der Waals surface area contributed by atoms with Crippen LogP contribution in [-0.4, -0.2) is 54.8 Å². The maximum absolute atomic E-state index is 12.9. The van der Waals surface area contributed by atoms with Gasteiger partial charge in [0.2, 0.25) is 0 Å². The number of nitrogen functional groups attached to an aromatic ring is 1. The molecule has 0 spiro atoms. The van der Waals surface area contributed by atoms with Crippen LogP contribution in [0.1, 0.15) is 72.7 Å². The number of hydrogen-bond donors (Lipinski definition) is 3. The van der Waals surface area contributed by atoms with Crippen LogP contribution >= 0.6 is 11.6 Å². The monoisotopic (exact) mass is 540 g/mol. The lowest BCUT2D eigenvalue weighted by Crippen LogP contribution is -2.43. The molecule has 0 radical (unpaired) electrons. The summed E-state index contributed by atoms with van der Waals surface area (Å²) >= 11 is 5.94. The number of imidazole rings is 1. The molecule has 3 heterocycles. The van der Waals surface area contributed by atoms with Gasteiger partial charge in [0.25, 0.3) is 5.91 Å². The third kappa shape index (κ3) is 5.88. The number of aromatic carboxylic acids is 1. The fraction of sp³-hybridized carbons (Fsp3) is 0.346. The number of anilines is 1. The van der Waals surface area contributed by atoms with E-state index < -0.39 is 29.6 Å². The zero-order valence-electron chi connectivity index (χ0n) is 21.3. The number of hydrogen-bond acceptors (Lipinski definition) is 7. The number of pyridine rings is 1. The lowest BCUT2D eigenvalue weighted by Gasteiger charge is -2.36. The number of amides is 2. The maximum Gasteiger partial charge on any atom is 0.410 e. The second-order valence-electron chi connectivity index (χ2n) is 9.92. The van der Waals surface area contributed by atoms with Gasteiger partial charge in [0.15, 0.2) is 11.5 Å². The molecule has 1 atom stereocenters. The summed E-state index contributed by atoms with van der Waals surface area (Å²) in [6.45, 7) is 5.78. The van der Waals surface area contributed by atoms with Gasteiger partial charge in [0.05, 0.1) is 6.04 Å². The van der Waals surface area contributed by atoms with E-state index in [0.717, 1.165) is 17.5 Å². The lowest BCUT2D eigenvalue weighted by molar-refractivity contribution is 0.00821. The van der Waals surface area contributed by atoms with Gasteiger partial charge in [0, 0.05) is 28.9 Å². The van der Waals surface area contributed by atoms with Crippen LogP contribution in [0, 0.1) is 0 Å². The molecule has 2 aromatic heterocycles. The summed E-state index contributed by atoms with van der Waals surface area (Å²) in [6.07, 6.45) is 3.13. The Kier molecular flexibility index (Phi) is 7.58. The molecule has 0 bridgehead atoms. The Morgan fingerprint density at radius 2 is 1.87 bits per heavy atom. The number of aromatic nitrogens is 3. The van der Waals surface area contributed by atoms with Gasteiger partial charge in [0.1, 0.15) is 17.1 Å². The highest BCUT2D eigenvalue weighted by molar-refractivity contribution is 6.30. The first-order valence-electron chi connectivity index (χ1n) is 12.1. The van der Waals surface area contributed by atoms with Crippen molar-refractivity contribution in [2.75, 3.05) is 17.7 Å². The van der Waals surface area contributed by atoms with E-state index in [2.05, 4.69) is 15.3 Å². The molecule has 2 amide bonds. The van der Waals surface area contributed by atoms with Crippen LogP contribution in [0.25, 0.3) is 11.3 Å². The molecule has 1 aromatic carbocycles. The normalized spacial score (nSPS) is 15.7. The zero-order valence-corrected chi connectivity index (χ0v) is 22.0. The van der Waals surface area contributed by atoms with Crippen LogP contribution in [0.15, 0.2) is 42.6 Å². The number of carboxylic acids is 1. The van der Waals surface area contributed by atoms with Crippen LogP contribution in [0.3, 0.4) is 0 Å². The summed E-state index contributed by atoms with van der Waals surface area (Å²) in [7, 11) is 0. The van der Waals surface area contributed by atoms with Gasteiger partial charge in [-0.15, -0.1) is 0 Å². The molecular weight excluding hydrogens is 512 g/mol. The van der Waals surface area contributed by atoms with Crippen molar-refractivity contribution in [3.63, 3.8) is 0 Å². The summed E-state index contributed by atoms with van der Waals surface area (Å²) < 4.78 is 6.59. The van der Waals surface area contributed by atoms with Crippen LogP contribution < -0.4 is 11.2 Å². The molecule has 200 valence electrons. The number of nitrogens with one attached hydrogen (secondary N) is 1. The number of likely N-dealkylation sites (tertiary alicyclic amines) is 1. The van der Waals surface area contributed by atoms with Gasteiger partial charge >= 0.3 is 12.1 Å². The third-order valence-electron chi connectivity index (χ3n) is 5.95. The number of carbonyl (C=O) groups is 3. The topological polar surface area (TPSA) is 153 Å². The van der Waals surface area contributed by atoms with Crippen LogP contribution in [0.2, 0.25) is 5.02 Å². The van der Waals surface area contributed by atoms with Crippen molar-refractivity contribution in [2.24, 2.45) is 0 Å². The Balaban J connectivity index is 1.64. The van der Waals surface area contributed by atoms with Gasteiger partial charge < -0.3 is 21.0 Å². The fourth-order valence-electron chi connectivity index (χ4n) is 4.27. The fourth-order valence-corrected chi connectivity index (χ4v) is 4.43. The Bertz CT molecular complexity index is 1370. The van der Waals surface area contributed by atoms with E-state index in [1.54, 1.807) is 56.0 Å². The number of nitrogens with two attached hydrogens (primary N) is 1. The van der Waals surface area contributed by atoms with E-state index in [4.69, 9.17) is 22.2 Å². The molecule has 3 aromatic rings. The predicted molar refractivity (Wildman–Crippen MR) is 142 cm³/mol. The van der Waals surface area contributed by atoms with E-state index in [1.165, 1.54) is 12.3 Å². The summed E-state index contributed by atoms with van der Waals surface area (Å²) in [4.78, 5) is 47.9. The number of benzene rings is 1. The van der Waals surface area contributed by atoms with Gasteiger partial charge in [-0.1, -0.05) is 23.7 Å². The summed E-state index contributed by atoms with van der Waals surface area (Å²) in [5.41, 5.74) is -0.0119. The molecule has 1 aliphatic heterocycles. The molecule has 4 N–H and O–H groups in total. The van der Waals surface area contributed by atoms with E-state index in [9.17, 15) is 19.5 Å². The lowest BCUT2D eigenvalue weighted by atomic mass is 10.0. The van der Waals surface area contributed by atoms with Crippen molar-refractivity contribution in [1.82, 2.24) is 19.5 Å². The van der Waals surface area contributed by atoms with Gasteiger partial charge in [-0.25, -0.2) is 24.2 Å². The zero-order chi connectivity index (χ0) is 27.6. The SMILES string of the molecule is CC(C)(C)OC(=O)N1CCCCC1c1nc(-c2ccc(C(=O)Nc3cc(Cl)ccn3)cc2)c(C(=O)O)n1N. The third-order valence-corrected chi connectivity index (χ3v) is 6.19. The number of carboxylic acid groups (broad SMARTS) is 1. The molecular formula is C26H29ClN6O5. The molecule has 1 unspecified atom stereocenters. The highest BCUT2D eigenvalue weighted by Gasteiger charge is 2.36. The minimum absolute atomic E-state index is 0.133. The molecule has 4 rings (SSSR count). The highest BCUT2D eigenvalue weighted by Crippen LogP contribution is 2.34. The maximum atomic E-state index is 12.9. The quantitative estimate of drug-likeness (QED) is 0.393. The first kappa shape index (κ1) is 26.9. The number of carbonyl (C=O) groups excluding carboxylic acids is 2. The molecule has 12 heteroatoms. The highest BCUT2D eigenvalue weighted by atomic mass is 35.5. The summed E-state index contributed by atoms with van der Waals surface area (Å²) in [5, 5.41) is 13.0. The average molecular weight is 541 g/mol. The van der Waals surface area contributed by atoms with E-state index in [1.807, 2.05) is 0 Å². The largest absolute Gasteiger partial charge is 0.476 e. The minimum Gasteiger partial charge on any atom is -0.476 e. The average Bonchev–Trinajstić information content (AvgIpc) is 3.20. The molecule has 1 saturated heterocycles. The summed E-state index contributed by atoms with van der Waals surface area (Å²) in [6, 6.07) is 8.83. The van der Waals surface area contributed by atoms with Crippen molar-refractivity contribution in [3.8, 4) is 11.3 Å². The second-order valence-corrected chi connectivity index (χ2v) is 10.4. The van der Waals surface area contributed by atoms with E-state index in [-0.39, 0.29) is 17.2 Å². The van der Waals surface area contributed by atoms with Gasteiger partial charge in [-0.05, 0) is 64.3 Å². The van der Waals surface area contributed by atoms with Crippen molar-refractivity contribution in [3.05, 3.63) is 64.7 Å². The molecule has 11 nitrogen and oxygen atoms in total. The molecule has 1 fully saturated rings. The molecule has 0 aliphatic carbocycles. The molecule has 0 saturated carbocycles. The first-order valence-corrected chi connectivity index (χ1v) is 12.5. The molecule has 38 heavy (non-hydrogen) atoms.